The van der Waals surface area contributed by atoms with Crippen LogP contribution in [0.5, 0.6) is 0 Å². The molecule has 0 aliphatic carbocycles. The molecule has 1 aliphatic rings. The number of rotatable bonds is 6. The fraction of sp³-hybridized carbons (Fsp3) is 0.667. The Bertz CT molecular complexity index is 284. The SMILES string of the molecule is C=CCC[C@@H](NC(=O)[C@H]1CCOC1)C(=O)OC. The summed E-state index contributed by atoms with van der Waals surface area (Å²) in [6, 6.07) is -0.592. The summed E-state index contributed by atoms with van der Waals surface area (Å²) in [5, 5.41) is 2.70. The van der Waals surface area contributed by atoms with E-state index in [0.29, 0.717) is 32.5 Å². The molecule has 5 heteroatoms. The first kappa shape index (κ1) is 13.7. The smallest absolute Gasteiger partial charge is 0.328 e. The number of methoxy groups -OCH3 is 1. The molecular formula is C12H19NO4. The highest BCUT2D eigenvalue weighted by atomic mass is 16.5. The van der Waals surface area contributed by atoms with Crippen LogP contribution in [0.25, 0.3) is 0 Å². The molecule has 0 aromatic rings. The minimum atomic E-state index is -0.592. The lowest BCUT2D eigenvalue weighted by Crippen LogP contribution is -2.44. The number of carbonyl (C=O) groups excluding carboxylic acids is 2. The van der Waals surface area contributed by atoms with Crippen LogP contribution < -0.4 is 5.32 Å². The molecule has 0 saturated carbocycles. The molecule has 17 heavy (non-hydrogen) atoms. The second-order valence-corrected chi connectivity index (χ2v) is 4.01. The van der Waals surface area contributed by atoms with Crippen LogP contribution in [-0.2, 0) is 19.1 Å². The molecule has 1 heterocycles. The summed E-state index contributed by atoms with van der Waals surface area (Å²) >= 11 is 0. The van der Waals surface area contributed by atoms with E-state index >= 15 is 0 Å². The van der Waals surface area contributed by atoms with Crippen LogP contribution in [0.15, 0.2) is 12.7 Å². The molecule has 0 aromatic heterocycles. The number of nitrogens with one attached hydrogen (secondary N) is 1. The normalized spacial score (nSPS) is 20.6. The average molecular weight is 241 g/mol. The summed E-state index contributed by atoms with van der Waals surface area (Å²) < 4.78 is 9.79. The molecule has 0 radical (unpaired) electrons. The van der Waals surface area contributed by atoms with E-state index in [2.05, 4.69) is 16.6 Å². The van der Waals surface area contributed by atoms with E-state index in [9.17, 15) is 9.59 Å². The number of allylic oxidation sites excluding steroid dienone is 1. The van der Waals surface area contributed by atoms with Crippen molar-refractivity contribution in [2.24, 2.45) is 5.92 Å². The molecule has 0 bridgehead atoms. The zero-order chi connectivity index (χ0) is 12.7. The zero-order valence-corrected chi connectivity index (χ0v) is 10.1. The van der Waals surface area contributed by atoms with Gasteiger partial charge in [0.1, 0.15) is 6.04 Å². The van der Waals surface area contributed by atoms with Crippen LogP contribution in [0, 0.1) is 5.92 Å². The van der Waals surface area contributed by atoms with Gasteiger partial charge in [0.15, 0.2) is 0 Å². The van der Waals surface area contributed by atoms with E-state index in [1.54, 1.807) is 6.08 Å². The highest BCUT2D eigenvalue weighted by molar-refractivity contribution is 5.85. The highest BCUT2D eigenvalue weighted by Crippen LogP contribution is 2.13. The Balaban J connectivity index is 2.48. The van der Waals surface area contributed by atoms with Gasteiger partial charge in [0.05, 0.1) is 19.6 Å². The molecule has 5 nitrogen and oxygen atoms in total. The van der Waals surface area contributed by atoms with E-state index in [0.717, 1.165) is 0 Å². The maximum atomic E-state index is 11.8. The summed E-state index contributed by atoms with van der Waals surface area (Å²) in [7, 11) is 1.31. The van der Waals surface area contributed by atoms with Crippen LogP contribution in [0.4, 0.5) is 0 Å². The topological polar surface area (TPSA) is 64.6 Å². The van der Waals surface area contributed by atoms with Crippen molar-refractivity contribution in [1.82, 2.24) is 5.32 Å². The Morgan fingerprint density at radius 1 is 1.65 bits per heavy atom. The molecule has 96 valence electrons. The monoisotopic (exact) mass is 241 g/mol. The highest BCUT2D eigenvalue weighted by Gasteiger charge is 2.28. The lowest BCUT2D eigenvalue weighted by atomic mass is 10.1. The molecule has 0 aromatic carbocycles. The van der Waals surface area contributed by atoms with Crippen LogP contribution in [0.3, 0.4) is 0 Å². The van der Waals surface area contributed by atoms with Gasteiger partial charge >= 0.3 is 5.97 Å². The minimum Gasteiger partial charge on any atom is -0.467 e. The second-order valence-electron chi connectivity index (χ2n) is 4.01. The van der Waals surface area contributed by atoms with Crippen molar-refractivity contribution in [3.8, 4) is 0 Å². The summed E-state index contributed by atoms with van der Waals surface area (Å²) in [5.74, 6) is -0.702. The maximum Gasteiger partial charge on any atom is 0.328 e. The van der Waals surface area contributed by atoms with Crippen molar-refractivity contribution in [3.63, 3.8) is 0 Å². The van der Waals surface area contributed by atoms with Gasteiger partial charge in [0, 0.05) is 6.61 Å². The van der Waals surface area contributed by atoms with Gasteiger partial charge in [0.2, 0.25) is 5.91 Å². The Morgan fingerprint density at radius 3 is 2.94 bits per heavy atom. The van der Waals surface area contributed by atoms with Crippen molar-refractivity contribution < 1.29 is 19.1 Å². The lowest BCUT2D eigenvalue weighted by molar-refractivity contribution is -0.145. The van der Waals surface area contributed by atoms with Crippen molar-refractivity contribution >= 4 is 11.9 Å². The standard InChI is InChI=1S/C12H19NO4/c1-3-4-5-10(12(15)16-2)13-11(14)9-6-7-17-8-9/h3,9-10H,1,4-8H2,2H3,(H,13,14)/t9-,10+/m0/s1. The minimum absolute atomic E-state index is 0.137. The van der Waals surface area contributed by atoms with Crippen LogP contribution in [0.2, 0.25) is 0 Å². The Labute approximate surface area is 101 Å². The van der Waals surface area contributed by atoms with Crippen molar-refractivity contribution in [1.29, 1.82) is 0 Å². The quantitative estimate of drug-likeness (QED) is 0.547. The number of hydrogen-bond acceptors (Lipinski definition) is 4. The molecule has 1 aliphatic heterocycles. The van der Waals surface area contributed by atoms with E-state index < -0.39 is 12.0 Å². The third kappa shape index (κ3) is 4.19. The van der Waals surface area contributed by atoms with E-state index in [4.69, 9.17) is 4.74 Å². The van der Waals surface area contributed by atoms with E-state index in [1.165, 1.54) is 7.11 Å². The third-order valence-corrected chi connectivity index (χ3v) is 2.76. The van der Waals surface area contributed by atoms with Crippen molar-refractivity contribution in [3.05, 3.63) is 12.7 Å². The van der Waals surface area contributed by atoms with Gasteiger partial charge in [-0.15, -0.1) is 6.58 Å². The Kier molecular flexibility index (Phi) is 5.69. The van der Waals surface area contributed by atoms with E-state index in [-0.39, 0.29) is 11.8 Å². The second kappa shape index (κ2) is 7.06. The largest absolute Gasteiger partial charge is 0.467 e. The van der Waals surface area contributed by atoms with E-state index in [1.807, 2.05) is 0 Å². The summed E-state index contributed by atoms with van der Waals surface area (Å²) in [6.07, 6.45) is 3.58. The van der Waals surface area contributed by atoms with Gasteiger partial charge < -0.3 is 14.8 Å². The molecule has 1 fully saturated rings. The van der Waals surface area contributed by atoms with Crippen LogP contribution in [-0.4, -0.2) is 38.2 Å². The molecule has 1 amide bonds. The number of esters is 1. The Hall–Kier alpha value is -1.36. The van der Waals surface area contributed by atoms with Crippen molar-refractivity contribution in [2.45, 2.75) is 25.3 Å². The number of ether oxygens (including phenoxy) is 2. The predicted octanol–water partition coefficient (Wildman–Crippen LogP) is 0.647. The molecular weight excluding hydrogens is 222 g/mol. The van der Waals surface area contributed by atoms with Crippen molar-refractivity contribution in [2.75, 3.05) is 20.3 Å². The first-order valence-corrected chi connectivity index (χ1v) is 5.76. The Morgan fingerprint density at radius 2 is 2.41 bits per heavy atom. The van der Waals surface area contributed by atoms with Crippen LogP contribution in [0.1, 0.15) is 19.3 Å². The maximum absolute atomic E-state index is 11.8. The first-order valence-electron chi connectivity index (χ1n) is 5.76. The average Bonchev–Trinajstić information content (AvgIpc) is 2.87. The molecule has 2 atom stereocenters. The van der Waals surface area contributed by atoms with Gasteiger partial charge in [-0.2, -0.15) is 0 Å². The fourth-order valence-electron chi connectivity index (χ4n) is 1.71. The lowest BCUT2D eigenvalue weighted by Gasteiger charge is -2.17. The van der Waals surface area contributed by atoms with Gasteiger partial charge in [-0.3, -0.25) is 4.79 Å². The fourth-order valence-corrected chi connectivity index (χ4v) is 1.71. The van der Waals surface area contributed by atoms with Gasteiger partial charge in [0.25, 0.3) is 0 Å². The summed E-state index contributed by atoms with van der Waals surface area (Å²) in [6.45, 7) is 4.63. The summed E-state index contributed by atoms with van der Waals surface area (Å²) in [5.41, 5.74) is 0. The zero-order valence-electron chi connectivity index (χ0n) is 10.1. The molecule has 1 N–H and O–H groups in total. The first-order chi connectivity index (χ1) is 8.19. The number of amides is 1. The third-order valence-electron chi connectivity index (χ3n) is 2.76. The molecule has 1 saturated heterocycles. The molecule has 0 spiro atoms. The molecule has 0 unspecified atom stereocenters. The predicted molar refractivity (Wildman–Crippen MR) is 62.3 cm³/mol. The van der Waals surface area contributed by atoms with Gasteiger partial charge in [-0.1, -0.05) is 6.08 Å². The number of carbonyl (C=O) groups is 2. The van der Waals surface area contributed by atoms with Gasteiger partial charge in [-0.25, -0.2) is 4.79 Å². The van der Waals surface area contributed by atoms with Gasteiger partial charge in [-0.05, 0) is 19.3 Å². The number of hydrogen-bond donors (Lipinski definition) is 1. The summed E-state index contributed by atoms with van der Waals surface area (Å²) in [4.78, 5) is 23.3. The van der Waals surface area contributed by atoms with Crippen LogP contribution >= 0.6 is 0 Å². The molecule has 1 rings (SSSR count).